The van der Waals surface area contributed by atoms with Gasteiger partial charge in [0.2, 0.25) is 0 Å². The molecule has 50 heavy (non-hydrogen) atoms. The molecule has 0 bridgehead atoms. The number of hydrogen-bond acceptors (Lipinski definition) is 6. The average Bonchev–Trinajstić information content (AvgIpc) is 3.19. The quantitative estimate of drug-likeness (QED) is 0.169. The Bertz CT molecular complexity index is 2090. The zero-order valence-electron chi connectivity index (χ0n) is 27.7. The van der Waals surface area contributed by atoms with Gasteiger partial charge in [-0.05, 0) is 87.5 Å². The van der Waals surface area contributed by atoms with Crippen molar-refractivity contribution in [3.05, 3.63) is 175 Å². The van der Waals surface area contributed by atoms with Crippen molar-refractivity contribution in [1.82, 2.24) is 15.3 Å². The Labute approximate surface area is 293 Å². The molecule has 1 aliphatic heterocycles. The van der Waals surface area contributed by atoms with Gasteiger partial charge in [-0.3, -0.25) is 0 Å². The van der Waals surface area contributed by atoms with Gasteiger partial charge in [0.15, 0.2) is 0 Å². The molecule has 0 saturated carbocycles. The lowest BCUT2D eigenvalue weighted by Crippen LogP contribution is -2.41. The average molecular weight is 658 g/mol. The van der Waals surface area contributed by atoms with Crippen molar-refractivity contribution in [3.8, 4) is 39.8 Å². The number of fused-ring (bicyclic) bond motifs is 1. The van der Waals surface area contributed by atoms with E-state index in [0.717, 1.165) is 36.2 Å². The molecule has 6 nitrogen and oxygen atoms in total. The van der Waals surface area contributed by atoms with Gasteiger partial charge in [0.25, 0.3) is 0 Å². The lowest BCUT2D eigenvalue weighted by Gasteiger charge is -2.32. The molecule has 0 aliphatic carbocycles. The predicted molar refractivity (Wildman–Crippen MR) is 200 cm³/mol. The highest BCUT2D eigenvalue weighted by Gasteiger charge is 2.28. The minimum Gasteiger partial charge on any atom is -0.508 e. The van der Waals surface area contributed by atoms with Crippen LogP contribution in [0.15, 0.2) is 164 Å². The smallest absolute Gasteiger partial charge is 0.321 e. The lowest BCUT2D eigenvalue weighted by atomic mass is 9.89. The number of piperidine rings is 1. The van der Waals surface area contributed by atoms with E-state index in [1.807, 2.05) is 97.3 Å². The number of phenolic OH excluding ortho intramolecular Hbond substituents is 1. The molecule has 0 spiro atoms. The fraction of sp³-hybridized carbons (Fsp3) is 0.136. The highest BCUT2D eigenvalue weighted by Crippen LogP contribution is 2.30. The standard InChI is InChI=1S/C32H29N3O2.C12H10O/c1-2-6-24(7-3-1)26-12-14-29(15-13-26)37-32-34-19-28(20-35-32)30-16-17-33-21-31(30)36-22-23-10-11-25-8-4-5-9-27(25)18-23;13-12-8-6-11(7-9-12)10-4-2-1-3-5-10/h1-15,18-20,30-31,33H,16-17,21-22H2;1-9,13H. The number of rotatable bonds is 8. The third kappa shape index (κ3) is 8.42. The summed E-state index contributed by atoms with van der Waals surface area (Å²) in [6.07, 6.45) is 4.79. The van der Waals surface area contributed by atoms with Gasteiger partial charge >= 0.3 is 6.01 Å². The van der Waals surface area contributed by atoms with Crippen molar-refractivity contribution in [1.29, 1.82) is 0 Å². The molecule has 1 saturated heterocycles. The normalized spacial score (nSPS) is 15.5. The van der Waals surface area contributed by atoms with Crippen molar-refractivity contribution in [2.45, 2.75) is 25.0 Å². The summed E-state index contributed by atoms with van der Waals surface area (Å²) in [5, 5.41) is 15.1. The predicted octanol–water partition coefficient (Wildman–Crippen LogP) is 9.81. The molecule has 2 atom stereocenters. The van der Waals surface area contributed by atoms with Crippen molar-refractivity contribution >= 4 is 10.8 Å². The molecule has 6 heteroatoms. The Morgan fingerprint density at radius 1 is 0.620 bits per heavy atom. The van der Waals surface area contributed by atoms with Crippen molar-refractivity contribution < 1.29 is 14.6 Å². The van der Waals surface area contributed by atoms with E-state index >= 15 is 0 Å². The number of ether oxygens (including phenoxy) is 2. The van der Waals surface area contributed by atoms with E-state index in [1.54, 1.807) is 12.1 Å². The minimum absolute atomic E-state index is 0.0566. The molecule has 1 aromatic heterocycles. The van der Waals surface area contributed by atoms with Crippen LogP contribution in [-0.2, 0) is 11.3 Å². The number of aromatic nitrogens is 2. The van der Waals surface area contributed by atoms with Gasteiger partial charge in [-0.1, -0.05) is 121 Å². The molecule has 2 unspecified atom stereocenters. The number of phenols is 1. The summed E-state index contributed by atoms with van der Waals surface area (Å²) < 4.78 is 12.3. The van der Waals surface area contributed by atoms with Crippen LogP contribution >= 0.6 is 0 Å². The fourth-order valence-electron chi connectivity index (χ4n) is 6.22. The lowest BCUT2D eigenvalue weighted by molar-refractivity contribution is 0.0105. The number of nitrogens with one attached hydrogen (secondary N) is 1. The molecule has 6 aromatic carbocycles. The number of hydrogen-bond donors (Lipinski definition) is 2. The maximum absolute atomic E-state index is 9.10. The van der Waals surface area contributed by atoms with Crippen LogP contribution in [0.1, 0.15) is 23.5 Å². The van der Waals surface area contributed by atoms with Crippen LogP contribution in [0.3, 0.4) is 0 Å². The van der Waals surface area contributed by atoms with Gasteiger partial charge < -0.3 is 19.9 Å². The fourth-order valence-corrected chi connectivity index (χ4v) is 6.22. The highest BCUT2D eigenvalue weighted by atomic mass is 16.5. The first kappa shape index (κ1) is 32.7. The third-order valence-corrected chi connectivity index (χ3v) is 8.93. The summed E-state index contributed by atoms with van der Waals surface area (Å²) in [5.41, 5.74) is 6.87. The molecule has 248 valence electrons. The Kier molecular flexibility index (Phi) is 10.5. The molecule has 1 aliphatic rings. The van der Waals surface area contributed by atoms with Gasteiger partial charge in [0, 0.05) is 24.9 Å². The maximum atomic E-state index is 9.10. The first-order valence-electron chi connectivity index (χ1n) is 17.0. The number of aromatic hydroxyl groups is 1. The molecule has 8 rings (SSSR count). The van der Waals surface area contributed by atoms with Crippen LogP contribution in [-0.4, -0.2) is 34.3 Å². The largest absolute Gasteiger partial charge is 0.508 e. The van der Waals surface area contributed by atoms with Crippen molar-refractivity contribution in [3.63, 3.8) is 0 Å². The van der Waals surface area contributed by atoms with Crippen molar-refractivity contribution in [2.24, 2.45) is 0 Å². The van der Waals surface area contributed by atoms with E-state index in [0.29, 0.717) is 24.1 Å². The van der Waals surface area contributed by atoms with Gasteiger partial charge in [-0.15, -0.1) is 0 Å². The van der Waals surface area contributed by atoms with Gasteiger partial charge in [0.1, 0.15) is 11.5 Å². The Hall–Kier alpha value is -5.82. The number of nitrogens with zero attached hydrogens (tertiary/aromatic N) is 2. The van der Waals surface area contributed by atoms with Crippen LogP contribution in [0.2, 0.25) is 0 Å². The van der Waals surface area contributed by atoms with E-state index < -0.39 is 0 Å². The van der Waals surface area contributed by atoms with Crippen LogP contribution in [0, 0.1) is 0 Å². The zero-order chi connectivity index (χ0) is 34.0. The van der Waals surface area contributed by atoms with E-state index in [9.17, 15) is 0 Å². The second-order valence-electron chi connectivity index (χ2n) is 12.3. The third-order valence-electron chi connectivity index (χ3n) is 8.93. The van der Waals surface area contributed by atoms with E-state index in [2.05, 4.69) is 69.9 Å². The monoisotopic (exact) mass is 657 g/mol. The second kappa shape index (κ2) is 16.1. The summed E-state index contributed by atoms with van der Waals surface area (Å²) in [6, 6.07) is 50.8. The van der Waals surface area contributed by atoms with E-state index in [4.69, 9.17) is 14.6 Å². The summed E-state index contributed by atoms with van der Waals surface area (Å²) in [6.45, 7) is 2.34. The molecule has 2 N–H and O–H groups in total. The molecule has 7 aromatic rings. The second-order valence-corrected chi connectivity index (χ2v) is 12.3. The van der Waals surface area contributed by atoms with Gasteiger partial charge in [-0.25, -0.2) is 9.97 Å². The van der Waals surface area contributed by atoms with Crippen molar-refractivity contribution in [2.75, 3.05) is 13.1 Å². The van der Waals surface area contributed by atoms with Gasteiger partial charge in [0.05, 0.1) is 12.7 Å². The Balaban J connectivity index is 0.000000253. The summed E-state index contributed by atoms with van der Waals surface area (Å²) >= 11 is 0. The van der Waals surface area contributed by atoms with Crippen LogP contribution in [0.4, 0.5) is 0 Å². The molecule has 0 radical (unpaired) electrons. The van der Waals surface area contributed by atoms with E-state index in [1.165, 1.54) is 27.5 Å². The molecular formula is C44H39N3O3. The summed E-state index contributed by atoms with van der Waals surface area (Å²) in [4.78, 5) is 9.01. The van der Waals surface area contributed by atoms with Crippen LogP contribution in [0.5, 0.6) is 17.5 Å². The van der Waals surface area contributed by atoms with Gasteiger partial charge in [-0.2, -0.15) is 0 Å². The van der Waals surface area contributed by atoms with Crippen LogP contribution in [0.25, 0.3) is 33.0 Å². The number of benzene rings is 6. The summed E-state index contributed by atoms with van der Waals surface area (Å²) in [5.74, 6) is 1.26. The topological polar surface area (TPSA) is 76.5 Å². The molecule has 1 fully saturated rings. The van der Waals surface area contributed by atoms with E-state index in [-0.39, 0.29) is 12.0 Å². The zero-order valence-corrected chi connectivity index (χ0v) is 27.7. The Morgan fingerprint density at radius 3 is 1.86 bits per heavy atom. The maximum Gasteiger partial charge on any atom is 0.321 e. The van der Waals surface area contributed by atoms with Crippen LogP contribution < -0.4 is 10.1 Å². The molecule has 2 heterocycles. The molecular weight excluding hydrogens is 619 g/mol. The minimum atomic E-state index is 0.0566. The first-order chi connectivity index (χ1) is 24.7. The Morgan fingerprint density at radius 2 is 1.20 bits per heavy atom. The highest BCUT2D eigenvalue weighted by molar-refractivity contribution is 5.83. The SMILES string of the molecule is Oc1ccc(-c2ccccc2)cc1.c1ccc(-c2ccc(Oc3ncc(C4CCNCC4OCc4ccc5ccccc5c4)cn3)cc2)cc1. The first-order valence-corrected chi connectivity index (χ1v) is 17.0. The molecule has 0 amide bonds. The summed E-state index contributed by atoms with van der Waals surface area (Å²) in [7, 11) is 0.